The van der Waals surface area contributed by atoms with Gasteiger partial charge in [0.15, 0.2) is 6.61 Å². The van der Waals surface area contributed by atoms with Crippen molar-refractivity contribution in [3.05, 3.63) is 65.2 Å². The van der Waals surface area contributed by atoms with Gasteiger partial charge in [0.2, 0.25) is 0 Å². The van der Waals surface area contributed by atoms with E-state index in [2.05, 4.69) is 10.6 Å². The number of halogens is 2. The number of hydrogen-bond acceptors (Lipinski definition) is 4. The van der Waals surface area contributed by atoms with Gasteiger partial charge in [-0.2, -0.15) is 0 Å². The van der Waals surface area contributed by atoms with Crippen LogP contribution in [-0.4, -0.2) is 30.4 Å². The van der Waals surface area contributed by atoms with E-state index < -0.39 is 42.1 Å². The number of carbonyl (C=O) groups is 3. The molecule has 0 heterocycles. The van der Waals surface area contributed by atoms with Gasteiger partial charge in [-0.05, 0) is 36.6 Å². The molecule has 2 N–H and O–H groups in total. The molecule has 0 aliphatic carbocycles. The summed E-state index contributed by atoms with van der Waals surface area (Å²) in [5.74, 6) is -4.05. The van der Waals surface area contributed by atoms with Crippen LogP contribution >= 0.6 is 0 Å². The quantitative estimate of drug-likeness (QED) is 0.694. The van der Waals surface area contributed by atoms with E-state index in [1.165, 1.54) is 0 Å². The molecule has 0 radical (unpaired) electrons. The number of carbonyl (C=O) groups excluding carboxylic acids is 3. The van der Waals surface area contributed by atoms with Crippen molar-refractivity contribution in [1.29, 1.82) is 0 Å². The highest BCUT2D eigenvalue weighted by atomic mass is 19.1. The minimum atomic E-state index is -0.975. The summed E-state index contributed by atoms with van der Waals surface area (Å²) >= 11 is 0. The Morgan fingerprint density at radius 1 is 1.07 bits per heavy atom. The van der Waals surface area contributed by atoms with Crippen LogP contribution in [0.3, 0.4) is 0 Å². The standard InChI is InChI=1S/C21H22F2N2O4/c1-12(2)19(25-20(27)15-7-5-4-6-13(15)3)21(28)29-11-18(26)24-17-9-8-14(22)10-16(17)23/h4-10,12,19H,11H2,1-3H3,(H,24,26)(H,25,27)/t19-/m0/s1. The molecule has 0 unspecified atom stereocenters. The van der Waals surface area contributed by atoms with Crippen LogP contribution in [0.15, 0.2) is 42.5 Å². The Balaban J connectivity index is 1.96. The fourth-order valence-electron chi connectivity index (χ4n) is 2.55. The molecular weight excluding hydrogens is 382 g/mol. The second-order valence-corrected chi connectivity index (χ2v) is 6.79. The summed E-state index contributed by atoms with van der Waals surface area (Å²) in [7, 11) is 0. The van der Waals surface area contributed by atoms with Gasteiger partial charge in [0.1, 0.15) is 17.7 Å². The fourth-order valence-corrected chi connectivity index (χ4v) is 2.55. The van der Waals surface area contributed by atoms with E-state index in [9.17, 15) is 23.2 Å². The summed E-state index contributed by atoms with van der Waals surface area (Å²) in [6, 6.07) is 8.61. The van der Waals surface area contributed by atoms with Crippen LogP contribution < -0.4 is 10.6 Å². The molecule has 154 valence electrons. The highest BCUT2D eigenvalue weighted by Gasteiger charge is 2.27. The summed E-state index contributed by atoms with van der Waals surface area (Å²) in [6.45, 7) is 4.53. The minimum absolute atomic E-state index is 0.235. The van der Waals surface area contributed by atoms with Crippen molar-refractivity contribution in [1.82, 2.24) is 5.32 Å². The fraction of sp³-hybridized carbons (Fsp3) is 0.286. The normalized spacial score (nSPS) is 11.7. The summed E-state index contributed by atoms with van der Waals surface area (Å²) in [5.41, 5.74) is 0.942. The number of aryl methyl sites for hydroxylation is 1. The van der Waals surface area contributed by atoms with Gasteiger partial charge in [0, 0.05) is 11.6 Å². The van der Waals surface area contributed by atoms with Crippen molar-refractivity contribution >= 4 is 23.5 Å². The first kappa shape index (κ1) is 22.0. The van der Waals surface area contributed by atoms with Gasteiger partial charge in [-0.25, -0.2) is 13.6 Å². The second-order valence-electron chi connectivity index (χ2n) is 6.79. The van der Waals surface area contributed by atoms with E-state index >= 15 is 0 Å². The molecule has 2 aromatic rings. The van der Waals surface area contributed by atoms with E-state index in [0.29, 0.717) is 11.6 Å². The maximum absolute atomic E-state index is 13.6. The van der Waals surface area contributed by atoms with E-state index in [1.54, 1.807) is 45.0 Å². The molecule has 2 amide bonds. The van der Waals surface area contributed by atoms with Gasteiger partial charge >= 0.3 is 5.97 Å². The second kappa shape index (κ2) is 9.77. The molecule has 0 fully saturated rings. The third kappa shape index (κ3) is 6.10. The zero-order valence-corrected chi connectivity index (χ0v) is 16.3. The number of esters is 1. The van der Waals surface area contributed by atoms with Crippen LogP contribution in [0.2, 0.25) is 0 Å². The molecule has 0 aromatic heterocycles. The Morgan fingerprint density at radius 3 is 2.38 bits per heavy atom. The Hall–Kier alpha value is -3.29. The van der Waals surface area contributed by atoms with E-state index in [0.717, 1.165) is 17.7 Å². The molecule has 2 rings (SSSR count). The maximum atomic E-state index is 13.6. The highest BCUT2D eigenvalue weighted by molar-refractivity contribution is 5.98. The molecule has 0 saturated carbocycles. The first-order valence-corrected chi connectivity index (χ1v) is 8.97. The average Bonchev–Trinajstić information content (AvgIpc) is 2.66. The van der Waals surface area contributed by atoms with Gasteiger partial charge in [-0.15, -0.1) is 0 Å². The zero-order valence-electron chi connectivity index (χ0n) is 16.3. The zero-order chi connectivity index (χ0) is 21.6. The van der Waals surface area contributed by atoms with E-state index in [1.807, 2.05) is 0 Å². The molecule has 8 heteroatoms. The van der Waals surface area contributed by atoms with Gasteiger partial charge in [-0.3, -0.25) is 9.59 Å². The SMILES string of the molecule is Cc1ccccc1C(=O)N[C@H](C(=O)OCC(=O)Nc1ccc(F)cc1F)C(C)C. The number of rotatable bonds is 7. The minimum Gasteiger partial charge on any atom is -0.454 e. The van der Waals surface area contributed by atoms with Gasteiger partial charge in [-0.1, -0.05) is 32.0 Å². The third-order valence-electron chi connectivity index (χ3n) is 4.15. The first-order valence-electron chi connectivity index (χ1n) is 8.97. The summed E-state index contributed by atoms with van der Waals surface area (Å²) in [4.78, 5) is 36.7. The van der Waals surface area contributed by atoms with E-state index in [4.69, 9.17) is 4.74 Å². The molecule has 0 saturated heterocycles. The Labute approximate surface area is 167 Å². The van der Waals surface area contributed by atoms with Gasteiger partial charge in [0.05, 0.1) is 5.69 Å². The molecule has 1 atom stereocenters. The van der Waals surface area contributed by atoms with Crippen LogP contribution in [0, 0.1) is 24.5 Å². The lowest BCUT2D eigenvalue weighted by molar-refractivity contribution is -0.150. The van der Waals surface area contributed by atoms with Crippen LogP contribution in [0.4, 0.5) is 14.5 Å². The number of benzene rings is 2. The number of anilines is 1. The molecule has 0 bridgehead atoms. The Bertz CT molecular complexity index is 915. The Morgan fingerprint density at radius 2 is 1.76 bits per heavy atom. The largest absolute Gasteiger partial charge is 0.454 e. The lowest BCUT2D eigenvalue weighted by Gasteiger charge is -2.21. The first-order chi connectivity index (χ1) is 13.7. The average molecular weight is 404 g/mol. The number of amides is 2. The van der Waals surface area contributed by atoms with Crippen molar-refractivity contribution in [3.63, 3.8) is 0 Å². The van der Waals surface area contributed by atoms with Gasteiger partial charge < -0.3 is 15.4 Å². The summed E-state index contributed by atoms with van der Waals surface area (Å²) in [5, 5.41) is 4.81. The lowest BCUT2D eigenvalue weighted by atomic mass is 10.0. The predicted octanol–water partition coefficient (Wildman–Crippen LogP) is 3.21. The van der Waals surface area contributed by atoms with Gasteiger partial charge in [0.25, 0.3) is 11.8 Å². The molecule has 29 heavy (non-hydrogen) atoms. The molecule has 2 aromatic carbocycles. The molecule has 0 aliphatic heterocycles. The number of hydrogen-bond donors (Lipinski definition) is 2. The van der Waals surface area contributed by atoms with Crippen molar-refractivity contribution in [2.24, 2.45) is 5.92 Å². The van der Waals surface area contributed by atoms with Crippen molar-refractivity contribution < 1.29 is 27.9 Å². The predicted molar refractivity (Wildman–Crippen MR) is 103 cm³/mol. The number of ether oxygens (including phenoxy) is 1. The van der Waals surface area contributed by atoms with Crippen LogP contribution in [-0.2, 0) is 14.3 Å². The monoisotopic (exact) mass is 404 g/mol. The van der Waals surface area contributed by atoms with Crippen molar-refractivity contribution in [2.45, 2.75) is 26.8 Å². The number of nitrogens with one attached hydrogen (secondary N) is 2. The summed E-state index contributed by atoms with van der Waals surface area (Å²) < 4.78 is 31.4. The molecule has 0 aliphatic rings. The van der Waals surface area contributed by atoms with Crippen molar-refractivity contribution in [2.75, 3.05) is 11.9 Å². The third-order valence-corrected chi connectivity index (χ3v) is 4.15. The molecule has 6 nitrogen and oxygen atoms in total. The molecule has 0 spiro atoms. The Kier molecular flexibility index (Phi) is 7.41. The topological polar surface area (TPSA) is 84.5 Å². The lowest BCUT2D eigenvalue weighted by Crippen LogP contribution is -2.46. The molecular formula is C21H22F2N2O4. The van der Waals surface area contributed by atoms with Crippen molar-refractivity contribution in [3.8, 4) is 0 Å². The van der Waals surface area contributed by atoms with Crippen LogP contribution in [0.1, 0.15) is 29.8 Å². The smallest absolute Gasteiger partial charge is 0.329 e. The van der Waals surface area contributed by atoms with E-state index in [-0.39, 0.29) is 11.6 Å². The van der Waals surface area contributed by atoms with Crippen LogP contribution in [0.25, 0.3) is 0 Å². The maximum Gasteiger partial charge on any atom is 0.329 e. The highest BCUT2D eigenvalue weighted by Crippen LogP contribution is 2.15. The van der Waals surface area contributed by atoms with Crippen LogP contribution in [0.5, 0.6) is 0 Å². The summed E-state index contributed by atoms with van der Waals surface area (Å²) in [6.07, 6.45) is 0.